The predicted molar refractivity (Wildman–Crippen MR) is 105 cm³/mol. The Kier molecular flexibility index (Phi) is 5.87. The van der Waals surface area contributed by atoms with Crippen molar-refractivity contribution in [1.29, 1.82) is 0 Å². The molecule has 0 radical (unpaired) electrons. The summed E-state index contributed by atoms with van der Waals surface area (Å²) in [6, 6.07) is 10.2. The summed E-state index contributed by atoms with van der Waals surface area (Å²) in [6.07, 6.45) is 1.46. The highest BCUT2D eigenvalue weighted by molar-refractivity contribution is 6.00. The molecular weight excluding hydrogens is 358 g/mol. The van der Waals surface area contributed by atoms with Gasteiger partial charge in [-0.2, -0.15) is 0 Å². The molecule has 2 aromatic carbocycles. The van der Waals surface area contributed by atoms with Crippen LogP contribution in [0.25, 0.3) is 0 Å². The summed E-state index contributed by atoms with van der Waals surface area (Å²) in [7, 11) is 3.08. The number of ether oxygens (including phenoxy) is 2. The highest BCUT2D eigenvalue weighted by atomic mass is 16.5. The van der Waals surface area contributed by atoms with Gasteiger partial charge in [0.2, 0.25) is 0 Å². The van der Waals surface area contributed by atoms with Gasteiger partial charge in [0.1, 0.15) is 5.75 Å². The van der Waals surface area contributed by atoms with Crippen LogP contribution in [0.5, 0.6) is 17.2 Å². The smallest absolute Gasteiger partial charge is 0.257 e. The number of Topliss-reactive ketones (excluding diaryl/α,β-unsaturated/α-hetero) is 1. The zero-order valence-electron chi connectivity index (χ0n) is 16.4. The SMILES string of the molecule is COc1ccc(C(=O)[C@H]2CCCN(C(=O)c3cccc(C)c3O)C2)cc1OC. The lowest BCUT2D eigenvalue weighted by Gasteiger charge is -2.32. The highest BCUT2D eigenvalue weighted by Crippen LogP contribution is 2.31. The monoisotopic (exact) mass is 383 g/mol. The van der Waals surface area contributed by atoms with E-state index in [0.717, 1.165) is 12.8 Å². The number of aromatic hydroxyl groups is 1. The van der Waals surface area contributed by atoms with Crippen LogP contribution in [0, 0.1) is 12.8 Å². The zero-order chi connectivity index (χ0) is 20.3. The fraction of sp³-hybridized carbons (Fsp3) is 0.364. The molecule has 0 aromatic heterocycles. The summed E-state index contributed by atoms with van der Waals surface area (Å²) in [4.78, 5) is 27.5. The maximum Gasteiger partial charge on any atom is 0.257 e. The molecule has 1 N–H and O–H groups in total. The van der Waals surface area contributed by atoms with Gasteiger partial charge in [-0.1, -0.05) is 12.1 Å². The molecule has 6 nitrogen and oxygen atoms in total. The standard InChI is InChI=1S/C22H25NO5/c1-14-6-4-8-17(20(14)24)22(26)23-11-5-7-16(13-23)21(25)15-9-10-18(27-2)19(12-15)28-3/h4,6,8-10,12,16,24H,5,7,11,13H2,1-3H3/t16-/m0/s1. The van der Waals surface area contributed by atoms with E-state index >= 15 is 0 Å². The number of ketones is 1. The number of phenolic OH excluding ortho intramolecular Hbond substituents is 1. The van der Waals surface area contributed by atoms with Crippen LogP contribution in [0.4, 0.5) is 0 Å². The van der Waals surface area contributed by atoms with Gasteiger partial charge in [-0.15, -0.1) is 0 Å². The summed E-state index contributed by atoms with van der Waals surface area (Å²) in [6.45, 7) is 2.66. The second kappa shape index (κ2) is 8.33. The molecule has 0 unspecified atom stereocenters. The van der Waals surface area contributed by atoms with E-state index < -0.39 is 0 Å². The molecule has 6 heteroatoms. The number of piperidine rings is 1. The highest BCUT2D eigenvalue weighted by Gasteiger charge is 2.31. The summed E-state index contributed by atoms with van der Waals surface area (Å²) in [5.41, 5.74) is 1.47. The molecule has 28 heavy (non-hydrogen) atoms. The second-order valence-electron chi connectivity index (χ2n) is 7.00. The summed E-state index contributed by atoms with van der Waals surface area (Å²) in [5, 5.41) is 10.2. The number of phenols is 1. The van der Waals surface area contributed by atoms with Gasteiger partial charge in [0, 0.05) is 24.6 Å². The van der Waals surface area contributed by atoms with E-state index in [-0.39, 0.29) is 28.9 Å². The van der Waals surface area contributed by atoms with E-state index in [1.165, 1.54) is 7.11 Å². The van der Waals surface area contributed by atoms with E-state index in [9.17, 15) is 14.7 Å². The molecule has 0 aliphatic carbocycles. The minimum atomic E-state index is -0.289. The molecule has 1 heterocycles. The summed E-state index contributed by atoms with van der Waals surface area (Å²) >= 11 is 0. The number of methoxy groups -OCH3 is 2. The first-order valence-electron chi connectivity index (χ1n) is 9.30. The van der Waals surface area contributed by atoms with Crippen LogP contribution >= 0.6 is 0 Å². The number of carbonyl (C=O) groups excluding carboxylic acids is 2. The number of benzene rings is 2. The second-order valence-corrected chi connectivity index (χ2v) is 7.00. The van der Waals surface area contributed by atoms with Crippen molar-refractivity contribution < 1.29 is 24.2 Å². The Bertz CT molecular complexity index is 892. The molecule has 1 aliphatic heterocycles. The number of rotatable bonds is 5. The maximum absolute atomic E-state index is 13.0. The average molecular weight is 383 g/mol. The molecule has 148 valence electrons. The quantitative estimate of drug-likeness (QED) is 0.801. The normalized spacial score (nSPS) is 16.5. The molecule has 1 fully saturated rings. The molecule has 0 saturated carbocycles. The fourth-order valence-electron chi connectivity index (χ4n) is 3.60. The van der Waals surface area contributed by atoms with Crippen molar-refractivity contribution in [2.45, 2.75) is 19.8 Å². The number of amides is 1. The number of carbonyl (C=O) groups is 2. The van der Waals surface area contributed by atoms with Gasteiger partial charge in [0.25, 0.3) is 5.91 Å². The molecule has 1 aliphatic rings. The largest absolute Gasteiger partial charge is 0.507 e. The van der Waals surface area contributed by atoms with E-state index in [4.69, 9.17) is 9.47 Å². The third-order valence-corrected chi connectivity index (χ3v) is 5.22. The first kappa shape index (κ1) is 19.7. The lowest BCUT2D eigenvalue weighted by Crippen LogP contribution is -2.42. The molecule has 2 aromatic rings. The van der Waals surface area contributed by atoms with Crippen molar-refractivity contribution in [2.24, 2.45) is 5.92 Å². The van der Waals surface area contributed by atoms with Crippen LogP contribution in [0.15, 0.2) is 36.4 Å². The van der Waals surface area contributed by atoms with Crippen LogP contribution in [-0.2, 0) is 0 Å². The number of hydrogen-bond donors (Lipinski definition) is 1. The minimum Gasteiger partial charge on any atom is -0.507 e. The Hall–Kier alpha value is -3.02. The van der Waals surface area contributed by atoms with Crippen molar-refractivity contribution in [1.82, 2.24) is 4.90 Å². The van der Waals surface area contributed by atoms with Gasteiger partial charge in [-0.05, 0) is 49.6 Å². The Morgan fingerprint density at radius 2 is 1.86 bits per heavy atom. The van der Waals surface area contributed by atoms with Crippen molar-refractivity contribution in [3.05, 3.63) is 53.1 Å². The van der Waals surface area contributed by atoms with Gasteiger partial charge < -0.3 is 19.5 Å². The van der Waals surface area contributed by atoms with Crippen LogP contribution in [0.2, 0.25) is 0 Å². The Labute approximate surface area is 164 Å². The van der Waals surface area contributed by atoms with E-state index in [2.05, 4.69) is 0 Å². The van der Waals surface area contributed by atoms with Gasteiger partial charge in [-0.3, -0.25) is 9.59 Å². The van der Waals surface area contributed by atoms with Crippen LogP contribution in [0.3, 0.4) is 0 Å². The van der Waals surface area contributed by atoms with Crippen molar-refractivity contribution in [3.8, 4) is 17.2 Å². The molecule has 1 atom stereocenters. The Morgan fingerprint density at radius 1 is 1.11 bits per heavy atom. The van der Waals surface area contributed by atoms with Gasteiger partial charge in [0.15, 0.2) is 17.3 Å². The number of nitrogens with zero attached hydrogens (tertiary/aromatic N) is 1. The first-order chi connectivity index (χ1) is 13.5. The molecule has 1 amide bonds. The van der Waals surface area contributed by atoms with Gasteiger partial charge in [0.05, 0.1) is 19.8 Å². The molecule has 0 bridgehead atoms. The van der Waals surface area contributed by atoms with Crippen LogP contribution in [0.1, 0.15) is 39.1 Å². The maximum atomic E-state index is 13.0. The summed E-state index contributed by atoms with van der Waals surface area (Å²) in [5.74, 6) is 0.512. The van der Waals surface area contributed by atoms with Crippen LogP contribution in [-0.4, -0.2) is 49.0 Å². The molecular formula is C22H25NO5. The lowest BCUT2D eigenvalue weighted by molar-refractivity contribution is 0.0634. The topological polar surface area (TPSA) is 76.1 Å². The van der Waals surface area contributed by atoms with Crippen molar-refractivity contribution >= 4 is 11.7 Å². The fourth-order valence-corrected chi connectivity index (χ4v) is 3.60. The number of para-hydroxylation sites is 1. The molecule has 1 saturated heterocycles. The molecule has 0 spiro atoms. The van der Waals surface area contributed by atoms with Crippen molar-refractivity contribution in [2.75, 3.05) is 27.3 Å². The average Bonchev–Trinajstić information content (AvgIpc) is 2.74. The number of aryl methyl sites for hydroxylation is 1. The predicted octanol–water partition coefficient (Wildman–Crippen LogP) is 3.45. The molecule has 3 rings (SSSR count). The number of likely N-dealkylation sites (tertiary alicyclic amines) is 1. The third-order valence-electron chi connectivity index (χ3n) is 5.22. The third kappa shape index (κ3) is 3.81. The zero-order valence-corrected chi connectivity index (χ0v) is 16.4. The minimum absolute atomic E-state index is 0.000778. The van der Waals surface area contributed by atoms with E-state index in [1.54, 1.807) is 55.3 Å². The Balaban J connectivity index is 1.78. The van der Waals surface area contributed by atoms with E-state index in [1.807, 2.05) is 0 Å². The number of hydrogen-bond acceptors (Lipinski definition) is 5. The van der Waals surface area contributed by atoms with Gasteiger partial charge in [-0.25, -0.2) is 0 Å². The van der Waals surface area contributed by atoms with Crippen LogP contribution < -0.4 is 9.47 Å². The lowest BCUT2D eigenvalue weighted by atomic mass is 9.89. The van der Waals surface area contributed by atoms with Gasteiger partial charge >= 0.3 is 0 Å². The Morgan fingerprint density at radius 3 is 2.57 bits per heavy atom. The summed E-state index contributed by atoms with van der Waals surface area (Å²) < 4.78 is 10.5. The van der Waals surface area contributed by atoms with E-state index in [0.29, 0.717) is 35.7 Å². The van der Waals surface area contributed by atoms with Crippen molar-refractivity contribution in [3.63, 3.8) is 0 Å². The first-order valence-corrected chi connectivity index (χ1v) is 9.30.